The third-order valence-electron chi connectivity index (χ3n) is 8.05. The fourth-order valence-corrected chi connectivity index (χ4v) is 6.73. The zero-order valence-corrected chi connectivity index (χ0v) is 31.4. The minimum absolute atomic E-state index is 0. The van der Waals surface area contributed by atoms with Gasteiger partial charge in [0.05, 0.1) is 0 Å². The van der Waals surface area contributed by atoms with Crippen molar-refractivity contribution in [2.24, 2.45) is 5.92 Å². The van der Waals surface area contributed by atoms with Crippen LogP contribution in [0.4, 0.5) is 0 Å². The van der Waals surface area contributed by atoms with Crippen LogP contribution in [-0.2, 0) is 24.2 Å². The number of allylic oxidation sites excluding steroid dienone is 4. The van der Waals surface area contributed by atoms with E-state index in [-0.39, 0.29) is 24.8 Å². The minimum atomic E-state index is 0. The van der Waals surface area contributed by atoms with Crippen molar-refractivity contribution in [2.75, 3.05) is 0 Å². The molecule has 234 valence electrons. The van der Waals surface area contributed by atoms with Gasteiger partial charge in [-0.15, -0.1) is 39.7 Å². The van der Waals surface area contributed by atoms with Crippen LogP contribution in [0.5, 0.6) is 0 Å². The number of hydrogen-bond acceptors (Lipinski definition) is 0. The first kappa shape index (κ1) is 38.7. The topological polar surface area (TPSA) is 0 Å². The van der Waals surface area contributed by atoms with Crippen LogP contribution in [0.1, 0.15) is 81.5 Å². The van der Waals surface area contributed by atoms with E-state index in [1.807, 2.05) is 0 Å². The molecule has 1 aliphatic carbocycles. The molecule has 0 N–H and O–H groups in total. The number of fused-ring (bicyclic) bond motifs is 3. The summed E-state index contributed by atoms with van der Waals surface area (Å²) in [6.45, 7) is 11.1. The average Bonchev–Trinajstić information content (AvgIpc) is 3.58. The van der Waals surface area contributed by atoms with Crippen molar-refractivity contribution >= 4 is 24.8 Å². The van der Waals surface area contributed by atoms with E-state index in [4.69, 9.17) is 0 Å². The Morgan fingerprint density at radius 3 is 1.60 bits per heavy atom. The van der Waals surface area contributed by atoms with Crippen LogP contribution in [0.15, 0.2) is 120 Å². The van der Waals surface area contributed by atoms with Crippen molar-refractivity contribution in [3.8, 4) is 0 Å². The summed E-state index contributed by atoms with van der Waals surface area (Å²) in [6.07, 6.45) is 13.4. The van der Waals surface area contributed by atoms with Crippen LogP contribution in [0.25, 0.3) is 21.5 Å². The molecule has 1 aliphatic rings. The standard InChI is InChI=1S/C15H13.C14H23.C13H10.2ClH.Zr/c1-10-3-5-14-12(7-10)9-13-8-11(2)4-6-15(13)14;1-4-7-12-10-11-13(8-5-2)14(12)9-6-3;1-3-7-12(8-4-1)11-13-9-5-2-6-10-13;;;/h3-9H,1-2H3;10,13H,4-9H2,1-3H3;1-10H;2*1H;/q2*-1;;;;+2/p-2. The maximum atomic E-state index is 3.53. The Hall–Kier alpha value is -2.44. The van der Waals surface area contributed by atoms with E-state index in [9.17, 15) is 0 Å². The molecule has 0 saturated carbocycles. The van der Waals surface area contributed by atoms with Crippen molar-refractivity contribution in [3.05, 3.63) is 149 Å². The second kappa shape index (κ2) is 19.9. The number of benzene rings is 4. The summed E-state index contributed by atoms with van der Waals surface area (Å²) >= 11 is 1.46. The Kier molecular flexibility index (Phi) is 17.2. The van der Waals surface area contributed by atoms with Crippen LogP contribution in [0, 0.1) is 25.8 Å². The summed E-state index contributed by atoms with van der Waals surface area (Å²) in [6, 6.07) is 36.7. The summed E-state index contributed by atoms with van der Waals surface area (Å²) in [4.78, 5) is 0. The maximum absolute atomic E-state index is 3.53. The van der Waals surface area contributed by atoms with E-state index >= 15 is 0 Å². The normalized spacial score (nSPS) is 13.4. The molecule has 5 aromatic carbocycles. The van der Waals surface area contributed by atoms with Gasteiger partial charge in [0.15, 0.2) is 0 Å². The zero-order chi connectivity index (χ0) is 30.6. The van der Waals surface area contributed by atoms with Gasteiger partial charge in [-0.2, -0.15) is 11.1 Å². The molecule has 0 heterocycles. The second-order valence-electron chi connectivity index (χ2n) is 11.6. The van der Waals surface area contributed by atoms with Crippen LogP contribution in [-0.4, -0.2) is 3.21 Å². The van der Waals surface area contributed by atoms with Crippen LogP contribution in [0.2, 0.25) is 0 Å². The molecular formula is C42H46Cl2Zr-2. The Labute approximate surface area is 299 Å². The van der Waals surface area contributed by atoms with Gasteiger partial charge in [-0.1, -0.05) is 94.2 Å². The van der Waals surface area contributed by atoms with E-state index in [1.54, 1.807) is 11.1 Å². The Morgan fingerprint density at radius 2 is 1.16 bits per heavy atom. The van der Waals surface area contributed by atoms with Gasteiger partial charge in [0.1, 0.15) is 0 Å². The van der Waals surface area contributed by atoms with Gasteiger partial charge in [0, 0.05) is 0 Å². The summed E-state index contributed by atoms with van der Waals surface area (Å²) in [5.74, 6) is 0.654. The molecule has 0 nitrogen and oxygen atoms in total. The molecule has 1 atom stereocenters. The number of hydrogen-bond donors (Lipinski definition) is 0. The fourth-order valence-electron chi connectivity index (χ4n) is 5.91. The van der Waals surface area contributed by atoms with Gasteiger partial charge >= 0.3 is 99.2 Å². The van der Waals surface area contributed by atoms with Crippen LogP contribution >= 0.6 is 0 Å². The number of rotatable bonds is 8. The van der Waals surface area contributed by atoms with Gasteiger partial charge in [-0.3, -0.25) is 6.08 Å². The van der Waals surface area contributed by atoms with Gasteiger partial charge in [0.2, 0.25) is 0 Å². The van der Waals surface area contributed by atoms with Crippen molar-refractivity contribution < 1.29 is 49.0 Å². The van der Waals surface area contributed by atoms with E-state index < -0.39 is 0 Å². The summed E-state index contributed by atoms with van der Waals surface area (Å²) in [7, 11) is 0. The second-order valence-corrected chi connectivity index (χ2v) is 12.9. The van der Waals surface area contributed by atoms with Gasteiger partial charge in [-0.05, 0) is 20.3 Å². The summed E-state index contributed by atoms with van der Waals surface area (Å²) < 4.78 is 1.42. The summed E-state index contributed by atoms with van der Waals surface area (Å²) in [5, 5.41) is 5.46. The quantitative estimate of drug-likeness (QED) is 0.178. The Morgan fingerprint density at radius 1 is 0.667 bits per heavy atom. The molecule has 5 aromatic rings. The molecule has 0 aliphatic heterocycles. The van der Waals surface area contributed by atoms with E-state index in [2.05, 4.69) is 150 Å². The van der Waals surface area contributed by atoms with E-state index in [0.717, 1.165) is 0 Å². The molecule has 0 aromatic heterocycles. The number of aryl methyl sites for hydroxylation is 2. The molecule has 0 saturated heterocycles. The molecule has 1 unspecified atom stereocenters. The van der Waals surface area contributed by atoms with E-state index in [1.165, 1.54) is 110 Å². The van der Waals surface area contributed by atoms with Crippen molar-refractivity contribution in [1.82, 2.24) is 0 Å². The van der Waals surface area contributed by atoms with Crippen LogP contribution < -0.4 is 24.8 Å². The average molecular weight is 713 g/mol. The molecule has 0 fully saturated rings. The molecular weight excluding hydrogens is 667 g/mol. The third-order valence-corrected chi connectivity index (χ3v) is 9.47. The predicted octanol–water partition coefficient (Wildman–Crippen LogP) is 5.81. The first-order valence-corrected chi connectivity index (χ1v) is 17.2. The Balaban J connectivity index is 0.000000230. The monoisotopic (exact) mass is 710 g/mol. The Bertz CT molecular complexity index is 1580. The van der Waals surface area contributed by atoms with Gasteiger partial charge in [-0.25, -0.2) is 6.08 Å². The van der Waals surface area contributed by atoms with Crippen molar-refractivity contribution in [2.45, 2.75) is 73.1 Å². The molecule has 3 heteroatoms. The molecule has 0 spiro atoms. The number of halogens is 2. The SMILES string of the molecule is CCCC1=C(CCC)C(CCC)[C-]=C1.Cc1ccc2c(c1)[cH-]c1cc(C)ccc12.[Cl-].[Cl-].[Zr+2]=[C](c1ccccc1)c1ccccc1. The molecule has 45 heavy (non-hydrogen) atoms. The van der Waals surface area contributed by atoms with Crippen molar-refractivity contribution in [3.63, 3.8) is 0 Å². The fraction of sp³-hybridized carbons (Fsp3) is 0.286. The van der Waals surface area contributed by atoms with Crippen molar-refractivity contribution in [1.29, 1.82) is 0 Å². The van der Waals surface area contributed by atoms with E-state index in [0.29, 0.717) is 5.92 Å². The molecule has 0 radical (unpaired) electrons. The predicted molar refractivity (Wildman–Crippen MR) is 186 cm³/mol. The molecule has 0 bridgehead atoms. The van der Waals surface area contributed by atoms with Gasteiger partial charge in [0.25, 0.3) is 0 Å². The van der Waals surface area contributed by atoms with Gasteiger partial charge < -0.3 is 24.8 Å². The van der Waals surface area contributed by atoms with Crippen LogP contribution in [0.3, 0.4) is 0 Å². The molecule has 0 amide bonds. The summed E-state index contributed by atoms with van der Waals surface area (Å²) in [5.41, 5.74) is 8.60. The first-order valence-electron chi connectivity index (χ1n) is 16.0. The third kappa shape index (κ3) is 10.8. The first-order chi connectivity index (χ1) is 20.9. The zero-order valence-electron chi connectivity index (χ0n) is 27.5. The molecule has 6 rings (SSSR count).